The number of hydrogen-bond donors (Lipinski definition) is 0. The van der Waals surface area contributed by atoms with Gasteiger partial charge in [0.2, 0.25) is 0 Å². The van der Waals surface area contributed by atoms with E-state index in [4.69, 9.17) is 0 Å². The first kappa shape index (κ1) is 14.4. The van der Waals surface area contributed by atoms with Crippen LogP contribution < -0.4 is 0 Å². The first-order chi connectivity index (χ1) is 7.38. The Morgan fingerprint density at radius 3 is 1.94 bits per heavy atom. The summed E-state index contributed by atoms with van der Waals surface area (Å²) in [5.74, 6) is 0. The highest BCUT2D eigenvalue weighted by atomic mass is 14.0. The van der Waals surface area contributed by atoms with Crippen molar-refractivity contribution in [2.45, 2.75) is 27.7 Å². The average Bonchev–Trinajstić information content (AvgIpc) is 2.24. The Morgan fingerprint density at radius 2 is 1.50 bits per heavy atom. The Kier molecular flexibility index (Phi) is 6.17. The minimum absolute atomic E-state index is 0.931. The van der Waals surface area contributed by atoms with Gasteiger partial charge in [0.05, 0.1) is 0 Å². The van der Waals surface area contributed by atoms with Gasteiger partial charge in [-0.2, -0.15) is 0 Å². The lowest BCUT2D eigenvalue weighted by Crippen LogP contribution is -1.86. The van der Waals surface area contributed by atoms with Gasteiger partial charge < -0.3 is 0 Å². The van der Waals surface area contributed by atoms with E-state index in [9.17, 15) is 0 Å². The summed E-state index contributed by atoms with van der Waals surface area (Å²) >= 11 is 0. The van der Waals surface area contributed by atoms with E-state index in [1.165, 1.54) is 5.57 Å². The zero-order chi connectivity index (χ0) is 12.7. The molecule has 0 aliphatic carbocycles. The smallest absolute Gasteiger partial charge is 0.0233 e. The Morgan fingerprint density at radius 1 is 0.938 bits per heavy atom. The van der Waals surface area contributed by atoms with Crippen LogP contribution in [0.3, 0.4) is 0 Å². The maximum Gasteiger partial charge on any atom is -0.0233 e. The van der Waals surface area contributed by atoms with E-state index in [-0.39, 0.29) is 0 Å². The van der Waals surface area contributed by atoms with Crippen molar-refractivity contribution in [2.24, 2.45) is 0 Å². The second kappa shape index (κ2) is 6.84. The summed E-state index contributed by atoms with van der Waals surface area (Å²) in [5, 5.41) is 0. The molecular weight excluding hydrogens is 192 g/mol. The van der Waals surface area contributed by atoms with E-state index < -0.39 is 0 Å². The van der Waals surface area contributed by atoms with Crippen LogP contribution in [-0.2, 0) is 0 Å². The monoisotopic (exact) mass is 214 g/mol. The third-order valence-electron chi connectivity index (χ3n) is 2.33. The Labute approximate surface area is 100 Å². The van der Waals surface area contributed by atoms with Crippen molar-refractivity contribution in [3.05, 3.63) is 71.9 Å². The molecule has 0 rings (SSSR count). The zero-order valence-electron chi connectivity index (χ0n) is 10.9. The molecule has 0 aromatic carbocycles. The summed E-state index contributed by atoms with van der Waals surface area (Å²) < 4.78 is 0. The molecule has 0 aliphatic heterocycles. The Hall–Kier alpha value is -1.56. The van der Waals surface area contributed by atoms with Crippen LogP contribution in [0.25, 0.3) is 0 Å². The van der Waals surface area contributed by atoms with Crippen molar-refractivity contribution in [3.8, 4) is 0 Å². The van der Waals surface area contributed by atoms with Crippen molar-refractivity contribution in [1.82, 2.24) is 0 Å². The Balaban J connectivity index is 4.76. The molecule has 0 atom stereocenters. The molecule has 0 bridgehead atoms. The third kappa shape index (κ3) is 5.35. The van der Waals surface area contributed by atoms with Gasteiger partial charge in [-0.15, -0.1) is 0 Å². The van der Waals surface area contributed by atoms with E-state index in [1.54, 1.807) is 0 Å². The molecule has 0 nitrogen and oxygen atoms in total. The minimum Gasteiger partial charge on any atom is -0.0961 e. The van der Waals surface area contributed by atoms with Crippen LogP contribution in [0, 0.1) is 0 Å². The van der Waals surface area contributed by atoms with Crippen LogP contribution in [0.15, 0.2) is 71.9 Å². The molecule has 0 aromatic heterocycles. The maximum absolute atomic E-state index is 4.04. The van der Waals surface area contributed by atoms with Crippen LogP contribution >= 0.6 is 0 Å². The predicted molar refractivity (Wildman–Crippen MR) is 75.4 cm³/mol. The molecule has 0 unspecified atom stereocenters. The van der Waals surface area contributed by atoms with E-state index in [0.717, 1.165) is 22.3 Å². The van der Waals surface area contributed by atoms with Crippen molar-refractivity contribution in [1.29, 1.82) is 0 Å². The number of allylic oxidation sites excluding steroid dienone is 9. The van der Waals surface area contributed by atoms with Crippen LogP contribution in [0.5, 0.6) is 0 Å². The zero-order valence-corrected chi connectivity index (χ0v) is 10.9. The maximum atomic E-state index is 4.04. The fourth-order valence-corrected chi connectivity index (χ4v) is 1.11. The second-order valence-electron chi connectivity index (χ2n) is 4.04. The molecule has 0 aromatic rings. The first-order valence-electron chi connectivity index (χ1n) is 5.41. The lowest BCUT2D eigenvalue weighted by molar-refractivity contribution is 1.35. The molecule has 0 fully saturated rings. The fraction of sp³-hybridized carbons (Fsp3) is 0.250. The molecule has 0 spiro atoms. The van der Waals surface area contributed by atoms with Gasteiger partial charge >= 0.3 is 0 Å². The molecule has 0 heterocycles. The van der Waals surface area contributed by atoms with Gasteiger partial charge in [-0.05, 0) is 44.4 Å². The molecule has 0 N–H and O–H groups in total. The van der Waals surface area contributed by atoms with E-state index in [2.05, 4.69) is 45.7 Å². The highest BCUT2D eigenvalue weighted by Gasteiger charge is 1.99. The van der Waals surface area contributed by atoms with Crippen molar-refractivity contribution < 1.29 is 0 Å². The summed E-state index contributed by atoms with van der Waals surface area (Å²) in [7, 11) is 0. The SMILES string of the molecule is C=C(C)/C=C\C(=C)C(=C)/C(C)=C\C(C)=C/C. The molecule has 0 heteroatoms. The highest BCUT2D eigenvalue weighted by molar-refractivity contribution is 5.50. The highest BCUT2D eigenvalue weighted by Crippen LogP contribution is 2.18. The summed E-state index contributed by atoms with van der Waals surface area (Å²) in [5.41, 5.74) is 5.29. The standard InChI is InChI=1S/C16H22/c1-8-13(4)11-15(6)16(7)14(5)10-9-12(2)3/h8-11H,2,5,7H2,1,3-4,6H3/b10-9-,13-8-,15-11-. The van der Waals surface area contributed by atoms with Gasteiger partial charge in [-0.25, -0.2) is 0 Å². The fourth-order valence-electron chi connectivity index (χ4n) is 1.11. The normalized spacial score (nSPS) is 13.0. The molecule has 16 heavy (non-hydrogen) atoms. The van der Waals surface area contributed by atoms with Crippen LogP contribution in [0.2, 0.25) is 0 Å². The van der Waals surface area contributed by atoms with E-state index in [1.807, 2.05) is 26.0 Å². The largest absolute Gasteiger partial charge is 0.0961 e. The summed E-state index contributed by atoms with van der Waals surface area (Å²) in [4.78, 5) is 0. The van der Waals surface area contributed by atoms with E-state index >= 15 is 0 Å². The van der Waals surface area contributed by atoms with E-state index in [0.29, 0.717) is 0 Å². The molecule has 0 amide bonds. The minimum atomic E-state index is 0.931. The van der Waals surface area contributed by atoms with Crippen LogP contribution in [0.4, 0.5) is 0 Å². The third-order valence-corrected chi connectivity index (χ3v) is 2.33. The number of hydrogen-bond acceptors (Lipinski definition) is 0. The molecule has 0 aliphatic rings. The second-order valence-corrected chi connectivity index (χ2v) is 4.04. The van der Waals surface area contributed by atoms with Gasteiger partial charge in [-0.1, -0.05) is 55.2 Å². The van der Waals surface area contributed by atoms with Crippen molar-refractivity contribution in [2.75, 3.05) is 0 Å². The quantitative estimate of drug-likeness (QED) is 0.556. The predicted octanol–water partition coefficient (Wildman–Crippen LogP) is 5.14. The average molecular weight is 214 g/mol. The molecule has 0 saturated carbocycles. The molecule has 86 valence electrons. The number of rotatable bonds is 5. The van der Waals surface area contributed by atoms with Crippen molar-refractivity contribution in [3.63, 3.8) is 0 Å². The Bertz CT molecular complexity index is 384. The molecule has 0 saturated heterocycles. The van der Waals surface area contributed by atoms with Crippen LogP contribution in [-0.4, -0.2) is 0 Å². The van der Waals surface area contributed by atoms with Gasteiger partial charge in [-0.3, -0.25) is 0 Å². The van der Waals surface area contributed by atoms with Crippen LogP contribution in [0.1, 0.15) is 27.7 Å². The lowest BCUT2D eigenvalue weighted by Gasteiger charge is -2.06. The summed E-state index contributed by atoms with van der Waals surface area (Å²) in [6.45, 7) is 20.0. The molecular formula is C16H22. The summed E-state index contributed by atoms with van der Waals surface area (Å²) in [6.07, 6.45) is 8.09. The van der Waals surface area contributed by atoms with Gasteiger partial charge in [0, 0.05) is 0 Å². The lowest BCUT2D eigenvalue weighted by atomic mass is 9.99. The topological polar surface area (TPSA) is 0 Å². The van der Waals surface area contributed by atoms with Gasteiger partial charge in [0.15, 0.2) is 0 Å². The van der Waals surface area contributed by atoms with Gasteiger partial charge in [0.25, 0.3) is 0 Å². The molecule has 0 radical (unpaired) electrons. The first-order valence-corrected chi connectivity index (χ1v) is 5.41. The van der Waals surface area contributed by atoms with Crippen molar-refractivity contribution >= 4 is 0 Å². The van der Waals surface area contributed by atoms with Gasteiger partial charge in [0.1, 0.15) is 0 Å². The summed E-state index contributed by atoms with van der Waals surface area (Å²) in [6, 6.07) is 0.